The van der Waals surface area contributed by atoms with Gasteiger partial charge < -0.3 is 9.17 Å². The van der Waals surface area contributed by atoms with E-state index in [1.54, 1.807) is 31.4 Å². The smallest absolute Gasteiger partial charge is 0.263 e. The van der Waals surface area contributed by atoms with Crippen LogP contribution in [0.5, 0.6) is 5.75 Å². The zero-order valence-electron chi connectivity index (χ0n) is 10.5. The van der Waals surface area contributed by atoms with Gasteiger partial charge in [-0.15, -0.1) is 0 Å². The summed E-state index contributed by atoms with van der Waals surface area (Å²) in [5, 5.41) is 1.04. The predicted octanol–water partition coefficient (Wildman–Crippen LogP) is 3.43. The molecule has 1 heterocycles. The molecule has 0 saturated carbocycles. The molecule has 19 heavy (non-hydrogen) atoms. The number of fused-ring (bicyclic) bond motifs is 1. The minimum Gasteiger partial charge on any atom is -0.424 e. The van der Waals surface area contributed by atoms with E-state index in [9.17, 15) is 9.59 Å². The number of pyridine rings is 1. The quantitative estimate of drug-likeness (QED) is 0.694. The molecule has 2 aromatic rings. The first-order valence-corrected chi connectivity index (χ1v) is 7.21. The first-order chi connectivity index (χ1) is 9.10. The maximum Gasteiger partial charge on any atom is 0.263 e. The molecule has 0 radical (unpaired) electrons. The molecule has 100 valence electrons. The Bertz CT molecular complexity index is 696. The van der Waals surface area contributed by atoms with Crippen molar-refractivity contribution in [3.05, 3.63) is 39.1 Å². The Labute approximate surface area is 119 Å². The fourth-order valence-corrected chi connectivity index (χ4v) is 2.42. The van der Waals surface area contributed by atoms with Crippen LogP contribution in [0.15, 0.2) is 23.0 Å². The van der Waals surface area contributed by atoms with Gasteiger partial charge in [0.05, 0.1) is 22.6 Å². The molecule has 6 heteroatoms. The highest BCUT2D eigenvalue weighted by atomic mass is 35.5. The van der Waals surface area contributed by atoms with Gasteiger partial charge in [0, 0.05) is 18.1 Å². The highest BCUT2D eigenvalue weighted by Crippen LogP contribution is 2.32. The number of ketones is 1. The van der Waals surface area contributed by atoms with E-state index in [1.807, 2.05) is 0 Å². The summed E-state index contributed by atoms with van der Waals surface area (Å²) < 4.78 is 5.43. The van der Waals surface area contributed by atoms with Gasteiger partial charge in [-0.2, -0.15) is 0 Å². The number of halogens is 1. The van der Waals surface area contributed by atoms with Gasteiger partial charge in [0.1, 0.15) is 5.56 Å². The number of aromatic nitrogens is 1. The summed E-state index contributed by atoms with van der Waals surface area (Å²) in [6, 6.07) is 5.18. The van der Waals surface area contributed by atoms with Crippen LogP contribution >= 0.6 is 23.6 Å². The van der Waals surface area contributed by atoms with Gasteiger partial charge in [-0.05, 0) is 12.1 Å². The number of H-pyrrole nitrogens is 1. The SMILES string of the molecule is CCC(=O)c1c(OSC)c2cccc(Cl)c2[nH]c1=O. The Morgan fingerprint density at radius 1 is 1.47 bits per heavy atom. The van der Waals surface area contributed by atoms with Crippen molar-refractivity contribution >= 4 is 40.3 Å². The molecule has 0 atom stereocenters. The molecular weight excluding hydrogens is 286 g/mol. The Hall–Kier alpha value is -1.46. The van der Waals surface area contributed by atoms with E-state index in [2.05, 4.69) is 4.98 Å². The Morgan fingerprint density at radius 2 is 2.21 bits per heavy atom. The van der Waals surface area contributed by atoms with Crippen molar-refractivity contribution in [2.75, 3.05) is 6.26 Å². The Morgan fingerprint density at radius 3 is 2.84 bits per heavy atom. The van der Waals surface area contributed by atoms with Crippen molar-refractivity contribution in [3.63, 3.8) is 0 Å². The molecule has 0 unspecified atom stereocenters. The van der Waals surface area contributed by atoms with Crippen molar-refractivity contribution in [1.82, 2.24) is 4.98 Å². The van der Waals surface area contributed by atoms with Crippen LogP contribution in [0.1, 0.15) is 23.7 Å². The van der Waals surface area contributed by atoms with Crippen LogP contribution in [0.25, 0.3) is 10.9 Å². The van der Waals surface area contributed by atoms with Crippen molar-refractivity contribution in [1.29, 1.82) is 0 Å². The maximum atomic E-state index is 12.1. The van der Waals surface area contributed by atoms with Crippen LogP contribution in [-0.4, -0.2) is 17.0 Å². The van der Waals surface area contributed by atoms with Crippen molar-refractivity contribution in [3.8, 4) is 5.75 Å². The molecule has 2 rings (SSSR count). The molecule has 0 amide bonds. The van der Waals surface area contributed by atoms with Gasteiger partial charge in [-0.3, -0.25) is 9.59 Å². The number of carbonyl (C=O) groups excluding carboxylic acids is 1. The van der Waals surface area contributed by atoms with Crippen LogP contribution < -0.4 is 9.74 Å². The van der Waals surface area contributed by atoms with E-state index >= 15 is 0 Å². The monoisotopic (exact) mass is 297 g/mol. The van der Waals surface area contributed by atoms with Crippen molar-refractivity contribution in [2.24, 2.45) is 0 Å². The number of carbonyl (C=O) groups is 1. The molecule has 0 fully saturated rings. The topological polar surface area (TPSA) is 59.2 Å². The second-order valence-electron chi connectivity index (χ2n) is 3.85. The summed E-state index contributed by atoms with van der Waals surface area (Å²) in [6.45, 7) is 1.70. The molecule has 0 bridgehead atoms. The highest BCUT2D eigenvalue weighted by molar-refractivity contribution is 7.94. The second-order valence-corrected chi connectivity index (χ2v) is 4.75. The van der Waals surface area contributed by atoms with E-state index in [4.69, 9.17) is 15.8 Å². The minimum atomic E-state index is -0.475. The lowest BCUT2D eigenvalue weighted by atomic mass is 10.1. The fraction of sp³-hybridized carbons (Fsp3) is 0.231. The predicted molar refractivity (Wildman–Crippen MR) is 78.3 cm³/mol. The summed E-state index contributed by atoms with van der Waals surface area (Å²) >= 11 is 7.13. The zero-order valence-corrected chi connectivity index (χ0v) is 12.0. The van der Waals surface area contributed by atoms with Crippen LogP contribution in [-0.2, 0) is 0 Å². The average Bonchev–Trinajstić information content (AvgIpc) is 2.40. The van der Waals surface area contributed by atoms with Crippen molar-refractivity contribution < 1.29 is 8.98 Å². The molecule has 0 aliphatic carbocycles. The molecule has 0 saturated heterocycles. The number of hydrogen-bond donors (Lipinski definition) is 1. The summed E-state index contributed by atoms with van der Waals surface area (Å²) in [5.74, 6) is 0.0211. The van der Waals surface area contributed by atoms with Gasteiger partial charge in [-0.1, -0.05) is 24.6 Å². The lowest BCUT2D eigenvalue weighted by Crippen LogP contribution is -2.18. The van der Waals surface area contributed by atoms with E-state index < -0.39 is 5.56 Å². The van der Waals surface area contributed by atoms with Gasteiger partial charge in [0.25, 0.3) is 5.56 Å². The summed E-state index contributed by atoms with van der Waals surface area (Å²) in [7, 11) is 0. The first kappa shape index (κ1) is 14.0. The van der Waals surface area contributed by atoms with Crippen LogP contribution in [0.2, 0.25) is 5.02 Å². The number of para-hydroxylation sites is 1. The molecule has 1 N–H and O–H groups in total. The summed E-state index contributed by atoms with van der Waals surface area (Å²) in [6.07, 6.45) is 1.96. The number of nitrogens with one attached hydrogen (secondary N) is 1. The number of rotatable bonds is 4. The molecule has 4 nitrogen and oxygen atoms in total. The number of Topliss-reactive ketones (excluding diaryl/α,β-unsaturated/α-hetero) is 1. The van der Waals surface area contributed by atoms with E-state index in [0.29, 0.717) is 15.9 Å². The number of aromatic amines is 1. The van der Waals surface area contributed by atoms with Crippen LogP contribution in [0, 0.1) is 0 Å². The van der Waals surface area contributed by atoms with Gasteiger partial charge in [0.2, 0.25) is 0 Å². The van der Waals surface area contributed by atoms with Gasteiger partial charge in [-0.25, -0.2) is 0 Å². The highest BCUT2D eigenvalue weighted by Gasteiger charge is 2.20. The second kappa shape index (κ2) is 5.67. The molecule has 1 aromatic carbocycles. The molecule has 0 spiro atoms. The first-order valence-electron chi connectivity index (χ1n) is 5.68. The lowest BCUT2D eigenvalue weighted by Gasteiger charge is -2.11. The third kappa shape index (κ3) is 2.48. The van der Waals surface area contributed by atoms with Crippen LogP contribution in [0.3, 0.4) is 0 Å². The zero-order chi connectivity index (χ0) is 14.0. The molecular formula is C13H12ClNO3S. The maximum absolute atomic E-state index is 12.1. The average molecular weight is 298 g/mol. The summed E-state index contributed by atoms with van der Waals surface area (Å²) in [4.78, 5) is 26.6. The standard InChI is InChI=1S/C13H12ClNO3S/c1-3-9(16)10-12(18-19-2)7-5-4-6-8(14)11(7)15-13(10)17/h4-6H,3H2,1-2H3,(H,15,17). The normalized spacial score (nSPS) is 10.7. The largest absolute Gasteiger partial charge is 0.424 e. The van der Waals surface area contributed by atoms with E-state index in [-0.39, 0.29) is 23.5 Å². The number of benzene rings is 1. The number of hydrogen-bond acceptors (Lipinski definition) is 4. The van der Waals surface area contributed by atoms with Crippen molar-refractivity contribution in [2.45, 2.75) is 13.3 Å². The van der Waals surface area contributed by atoms with Crippen LogP contribution in [0.4, 0.5) is 0 Å². The molecule has 1 aromatic heterocycles. The Balaban J connectivity index is 2.89. The summed E-state index contributed by atoms with van der Waals surface area (Å²) in [5.41, 5.74) is 0.0500. The van der Waals surface area contributed by atoms with E-state index in [0.717, 1.165) is 12.0 Å². The fourth-order valence-electron chi connectivity index (χ4n) is 1.85. The third-order valence-electron chi connectivity index (χ3n) is 2.72. The van der Waals surface area contributed by atoms with Gasteiger partial charge >= 0.3 is 0 Å². The molecule has 0 aliphatic heterocycles. The third-order valence-corrected chi connectivity index (χ3v) is 3.37. The Kier molecular flexibility index (Phi) is 4.17. The molecule has 0 aliphatic rings. The van der Waals surface area contributed by atoms with Gasteiger partial charge in [0.15, 0.2) is 11.5 Å². The minimum absolute atomic E-state index is 0.0478. The lowest BCUT2D eigenvalue weighted by molar-refractivity contribution is 0.0985. The van der Waals surface area contributed by atoms with E-state index in [1.165, 1.54) is 0 Å².